The third-order valence-electron chi connectivity index (χ3n) is 7.25. The van der Waals surface area contributed by atoms with Gasteiger partial charge in [0, 0.05) is 45.0 Å². The van der Waals surface area contributed by atoms with Gasteiger partial charge in [0.05, 0.1) is 41.8 Å². The van der Waals surface area contributed by atoms with Crippen molar-refractivity contribution in [2.45, 2.75) is 64.8 Å². The Kier molecular flexibility index (Phi) is 8.93. The van der Waals surface area contributed by atoms with Crippen LogP contribution >= 0.6 is 0 Å². The predicted molar refractivity (Wildman–Crippen MR) is 151 cm³/mol. The molecule has 11 heteroatoms. The van der Waals surface area contributed by atoms with E-state index in [2.05, 4.69) is 27.6 Å². The fourth-order valence-corrected chi connectivity index (χ4v) is 5.16. The molecule has 5 rings (SSSR count). The Bertz CT molecular complexity index is 1410. The van der Waals surface area contributed by atoms with Crippen molar-refractivity contribution >= 4 is 17.7 Å². The number of benzene rings is 1. The number of amides is 3. The molecule has 0 spiro atoms. The monoisotopic (exact) mass is 560 g/mol. The van der Waals surface area contributed by atoms with Gasteiger partial charge in [0.1, 0.15) is 11.5 Å². The third kappa shape index (κ3) is 7.10. The number of nitrogens with one attached hydrogen (secondary N) is 2. The van der Waals surface area contributed by atoms with E-state index in [0.717, 1.165) is 18.5 Å². The molecule has 0 saturated carbocycles. The van der Waals surface area contributed by atoms with Crippen molar-refractivity contribution in [3.63, 3.8) is 0 Å². The molecule has 2 aliphatic heterocycles. The molecule has 1 fully saturated rings. The van der Waals surface area contributed by atoms with E-state index in [4.69, 9.17) is 9.47 Å². The number of aromatic nitrogens is 3. The second kappa shape index (κ2) is 12.9. The minimum atomic E-state index is -0.384. The van der Waals surface area contributed by atoms with Gasteiger partial charge in [-0.05, 0) is 49.9 Å². The van der Waals surface area contributed by atoms with Crippen LogP contribution < -0.4 is 15.4 Å². The number of carbonyl (C=O) groups is 3. The smallest absolute Gasteiger partial charge is 0.257 e. The number of nitrogens with zero attached hydrogens (tertiary/aromatic N) is 4. The molecular formula is C30H36N6O5. The Morgan fingerprint density at radius 1 is 1.17 bits per heavy atom. The zero-order valence-corrected chi connectivity index (χ0v) is 23.5. The lowest BCUT2D eigenvalue weighted by Gasteiger charge is -2.38. The lowest BCUT2D eigenvalue weighted by atomic mass is 10.00. The minimum absolute atomic E-state index is 0.0951. The molecule has 11 nitrogen and oxygen atoms in total. The van der Waals surface area contributed by atoms with Crippen molar-refractivity contribution < 1.29 is 23.9 Å². The number of aryl methyl sites for hydroxylation is 2. The molecule has 2 atom stereocenters. The maximum Gasteiger partial charge on any atom is 0.257 e. The molecule has 0 aliphatic carbocycles. The maximum absolute atomic E-state index is 13.5. The number of hydrogen-bond donors (Lipinski definition) is 2. The molecule has 0 unspecified atom stereocenters. The topological polar surface area (TPSA) is 128 Å². The van der Waals surface area contributed by atoms with Crippen LogP contribution in [-0.2, 0) is 22.7 Å². The van der Waals surface area contributed by atoms with Gasteiger partial charge in [-0.1, -0.05) is 19.1 Å². The SMILES string of the molecule is CCCn1cc(C(=O)N2CC[C@@H]3OCc4cccc(c4)Oc4cncc(c4)C(=O)NCCCC(=O)N[C@H]3C2)c(C)n1. The summed E-state index contributed by atoms with van der Waals surface area (Å²) in [6.45, 7) is 6.14. The van der Waals surface area contributed by atoms with Gasteiger partial charge in [0.15, 0.2) is 0 Å². The summed E-state index contributed by atoms with van der Waals surface area (Å²) < 4.78 is 14.1. The summed E-state index contributed by atoms with van der Waals surface area (Å²) in [4.78, 5) is 44.9. The summed E-state index contributed by atoms with van der Waals surface area (Å²) in [6.07, 6.45) is 6.74. The van der Waals surface area contributed by atoms with E-state index in [1.165, 1.54) is 6.20 Å². The van der Waals surface area contributed by atoms with Crippen molar-refractivity contribution in [3.8, 4) is 11.5 Å². The first-order valence-electron chi connectivity index (χ1n) is 14.1. The normalized spacial score (nSPS) is 20.1. The van der Waals surface area contributed by atoms with Gasteiger partial charge in [-0.25, -0.2) is 0 Å². The average Bonchev–Trinajstić information content (AvgIpc) is 3.34. The molecule has 4 bridgehead atoms. The lowest BCUT2D eigenvalue weighted by molar-refractivity contribution is -0.124. The quantitative estimate of drug-likeness (QED) is 0.504. The van der Waals surface area contributed by atoms with E-state index in [0.29, 0.717) is 67.4 Å². The highest BCUT2D eigenvalue weighted by molar-refractivity contribution is 5.95. The molecule has 4 heterocycles. The van der Waals surface area contributed by atoms with Crippen LogP contribution in [-0.4, -0.2) is 69.2 Å². The van der Waals surface area contributed by atoms with Crippen LogP contribution in [0.15, 0.2) is 48.9 Å². The summed E-state index contributed by atoms with van der Waals surface area (Å²) in [5, 5.41) is 10.4. The fourth-order valence-electron chi connectivity index (χ4n) is 5.16. The second-order valence-corrected chi connectivity index (χ2v) is 10.5. The van der Waals surface area contributed by atoms with Gasteiger partial charge in [-0.3, -0.25) is 24.0 Å². The first-order chi connectivity index (χ1) is 19.9. The molecule has 2 N–H and O–H groups in total. The fraction of sp³-hybridized carbons (Fsp3) is 0.433. The molecule has 2 aliphatic rings. The van der Waals surface area contributed by atoms with Gasteiger partial charge >= 0.3 is 0 Å². The Morgan fingerprint density at radius 3 is 2.90 bits per heavy atom. The van der Waals surface area contributed by atoms with E-state index in [9.17, 15) is 14.4 Å². The highest BCUT2D eigenvalue weighted by atomic mass is 16.5. The number of piperidine rings is 1. The molecule has 3 aromatic rings. The Morgan fingerprint density at radius 2 is 2.05 bits per heavy atom. The highest BCUT2D eigenvalue weighted by Gasteiger charge is 2.34. The predicted octanol–water partition coefficient (Wildman–Crippen LogP) is 3.23. The highest BCUT2D eigenvalue weighted by Crippen LogP contribution is 2.25. The van der Waals surface area contributed by atoms with Crippen LogP contribution in [0.4, 0.5) is 0 Å². The molecule has 41 heavy (non-hydrogen) atoms. The average molecular weight is 561 g/mol. The lowest BCUT2D eigenvalue weighted by Crippen LogP contribution is -2.57. The number of likely N-dealkylation sites (tertiary alicyclic amines) is 1. The summed E-state index contributed by atoms with van der Waals surface area (Å²) in [6, 6.07) is 8.77. The Hall–Kier alpha value is -4.25. The van der Waals surface area contributed by atoms with E-state index < -0.39 is 0 Å². The minimum Gasteiger partial charge on any atom is -0.456 e. The summed E-state index contributed by atoms with van der Waals surface area (Å²) >= 11 is 0. The Balaban J connectivity index is 1.34. The van der Waals surface area contributed by atoms with Crippen molar-refractivity contribution in [3.05, 3.63) is 71.3 Å². The second-order valence-electron chi connectivity index (χ2n) is 10.5. The van der Waals surface area contributed by atoms with Crippen molar-refractivity contribution in [2.75, 3.05) is 19.6 Å². The zero-order valence-electron chi connectivity index (χ0n) is 23.5. The summed E-state index contributed by atoms with van der Waals surface area (Å²) in [7, 11) is 0. The van der Waals surface area contributed by atoms with E-state index in [1.807, 2.05) is 37.4 Å². The number of rotatable bonds is 3. The molecule has 0 radical (unpaired) electrons. The standard InChI is InChI=1S/C30H36N6O5/c1-3-11-36-17-25(20(2)34-36)30(39)35-12-9-27-26(18-35)33-28(37)8-5-10-32-29(38)22-14-24(16-31-15-22)41-23-7-4-6-21(13-23)19-40-27/h4,6-7,13-17,26-27H,3,5,8-12,18-19H2,1-2H3,(H,32,38)(H,33,37)/t26-,27-/m0/s1. The van der Waals surface area contributed by atoms with Crippen LogP contribution in [0.1, 0.15) is 64.6 Å². The van der Waals surface area contributed by atoms with E-state index in [1.54, 1.807) is 21.8 Å². The first kappa shape index (κ1) is 28.3. The molecule has 3 amide bonds. The van der Waals surface area contributed by atoms with Crippen molar-refractivity contribution in [1.82, 2.24) is 30.3 Å². The van der Waals surface area contributed by atoms with Crippen molar-refractivity contribution in [2.24, 2.45) is 0 Å². The van der Waals surface area contributed by atoms with Crippen LogP contribution in [0.25, 0.3) is 0 Å². The number of hydrogen-bond acceptors (Lipinski definition) is 7. The van der Waals surface area contributed by atoms with Gasteiger partial charge in [0.2, 0.25) is 5.91 Å². The van der Waals surface area contributed by atoms with Crippen LogP contribution in [0.3, 0.4) is 0 Å². The first-order valence-corrected chi connectivity index (χ1v) is 14.1. The maximum atomic E-state index is 13.5. The van der Waals surface area contributed by atoms with Gasteiger partial charge in [0.25, 0.3) is 11.8 Å². The van der Waals surface area contributed by atoms with Crippen LogP contribution in [0, 0.1) is 6.92 Å². The van der Waals surface area contributed by atoms with Crippen LogP contribution in [0.5, 0.6) is 11.5 Å². The molecule has 216 valence electrons. The number of fused-ring (bicyclic) bond motifs is 5. The molecule has 1 aromatic carbocycles. The molecule has 1 saturated heterocycles. The van der Waals surface area contributed by atoms with Gasteiger partial charge in [-0.15, -0.1) is 0 Å². The summed E-state index contributed by atoms with van der Waals surface area (Å²) in [5.74, 6) is 0.506. The van der Waals surface area contributed by atoms with Crippen LogP contribution in [0.2, 0.25) is 0 Å². The van der Waals surface area contributed by atoms with E-state index >= 15 is 0 Å². The molecular weight excluding hydrogens is 524 g/mol. The summed E-state index contributed by atoms with van der Waals surface area (Å²) in [5.41, 5.74) is 2.55. The number of carbonyl (C=O) groups excluding carboxylic acids is 3. The van der Waals surface area contributed by atoms with Crippen molar-refractivity contribution in [1.29, 1.82) is 0 Å². The zero-order chi connectivity index (χ0) is 28.8. The van der Waals surface area contributed by atoms with Gasteiger partial charge < -0.3 is 25.0 Å². The van der Waals surface area contributed by atoms with Gasteiger partial charge in [-0.2, -0.15) is 5.10 Å². The third-order valence-corrected chi connectivity index (χ3v) is 7.25. The number of pyridine rings is 1. The Labute approximate surface area is 239 Å². The molecule has 2 aromatic heterocycles. The van der Waals surface area contributed by atoms with E-state index in [-0.39, 0.29) is 36.3 Å². The number of ether oxygens (including phenoxy) is 2. The largest absolute Gasteiger partial charge is 0.456 e.